The first kappa shape index (κ1) is 27.0. The summed E-state index contributed by atoms with van der Waals surface area (Å²) >= 11 is 0. The van der Waals surface area contributed by atoms with Crippen LogP contribution in [-0.2, 0) is 23.7 Å². The molecule has 6 nitrogen and oxygen atoms in total. The van der Waals surface area contributed by atoms with E-state index in [2.05, 4.69) is 72.8 Å². The van der Waals surface area contributed by atoms with Gasteiger partial charge in [-0.1, -0.05) is 73.8 Å². The van der Waals surface area contributed by atoms with Crippen LogP contribution in [0, 0.1) is 0 Å². The number of aromatic nitrogens is 2. The Bertz CT molecular complexity index is 2170. The summed E-state index contributed by atoms with van der Waals surface area (Å²) in [6, 6.07) is 32.0. The highest BCUT2D eigenvalue weighted by Crippen LogP contribution is 2.50. The number of para-hydroxylation sites is 2. The first-order chi connectivity index (χ1) is 21.4. The lowest BCUT2D eigenvalue weighted by Crippen LogP contribution is -2.03. The standard InChI is InChI=1S/C38H28N2O4/c1-5-31(41)43-25-15-11-13-23(21-25)33-35-27-17-7-9-19-29(27)40(4)38(35)34(24-14-12-16-26(22-24)44-32(42)6-2)36-28-18-8-10-20-30(28)39(3)37(33)36/h5-22H,1-2H2,3-4H3. The molecule has 7 rings (SSSR count). The highest BCUT2D eigenvalue weighted by molar-refractivity contribution is 6.32. The number of aryl methyl sites for hydroxylation is 2. The molecule has 5 aromatic carbocycles. The zero-order chi connectivity index (χ0) is 30.5. The van der Waals surface area contributed by atoms with E-state index < -0.39 is 11.9 Å². The third-order valence-corrected chi connectivity index (χ3v) is 8.20. The highest BCUT2D eigenvalue weighted by atomic mass is 16.5. The van der Waals surface area contributed by atoms with E-state index >= 15 is 0 Å². The van der Waals surface area contributed by atoms with Crippen LogP contribution in [0.2, 0.25) is 0 Å². The van der Waals surface area contributed by atoms with E-state index in [-0.39, 0.29) is 0 Å². The number of hydrogen-bond donors (Lipinski definition) is 0. The quantitative estimate of drug-likeness (QED) is 0.113. The molecule has 0 unspecified atom stereocenters. The van der Waals surface area contributed by atoms with Gasteiger partial charge in [0.2, 0.25) is 0 Å². The Morgan fingerprint density at radius 2 is 1.00 bits per heavy atom. The Morgan fingerprint density at radius 3 is 1.41 bits per heavy atom. The molecule has 0 aliphatic carbocycles. The number of fused-ring (bicyclic) bond motifs is 6. The van der Waals surface area contributed by atoms with Gasteiger partial charge in [-0.05, 0) is 47.5 Å². The van der Waals surface area contributed by atoms with Crippen LogP contribution in [0.4, 0.5) is 0 Å². The SMILES string of the molecule is C=CC(=O)Oc1cccc(-c2c3c4ccccc4n(C)c3c(-c3cccc(OC(=O)C=C)c3)c3c4ccccc4n(C)c23)c1. The minimum Gasteiger partial charge on any atom is -0.423 e. The van der Waals surface area contributed by atoms with Gasteiger partial charge in [0.1, 0.15) is 11.5 Å². The average molecular weight is 577 g/mol. The number of ether oxygens (including phenoxy) is 2. The minimum absolute atomic E-state index is 0.438. The van der Waals surface area contributed by atoms with Crippen LogP contribution in [0.15, 0.2) is 122 Å². The van der Waals surface area contributed by atoms with Crippen molar-refractivity contribution < 1.29 is 19.1 Å². The monoisotopic (exact) mass is 576 g/mol. The predicted octanol–water partition coefficient (Wildman–Crippen LogP) is 8.49. The lowest BCUT2D eigenvalue weighted by molar-refractivity contribution is -0.129. The van der Waals surface area contributed by atoms with Crippen LogP contribution in [-0.4, -0.2) is 21.1 Å². The molecule has 0 N–H and O–H groups in total. The fraction of sp³-hybridized carbons (Fsp3) is 0.0526. The van der Waals surface area contributed by atoms with Crippen molar-refractivity contribution in [2.24, 2.45) is 14.1 Å². The predicted molar refractivity (Wildman–Crippen MR) is 177 cm³/mol. The molecule has 6 heteroatoms. The average Bonchev–Trinajstić information content (AvgIpc) is 3.51. The molecule has 7 aromatic rings. The second-order valence-corrected chi connectivity index (χ2v) is 10.7. The number of carbonyl (C=O) groups is 2. The van der Waals surface area contributed by atoms with Crippen molar-refractivity contribution >= 4 is 55.6 Å². The summed E-state index contributed by atoms with van der Waals surface area (Å²) in [5, 5.41) is 4.32. The number of esters is 2. The first-order valence-electron chi connectivity index (χ1n) is 14.2. The molecule has 0 atom stereocenters. The maximum absolute atomic E-state index is 12.1. The van der Waals surface area contributed by atoms with E-state index in [4.69, 9.17) is 9.47 Å². The molecular formula is C38H28N2O4. The third-order valence-electron chi connectivity index (χ3n) is 8.20. The first-order valence-corrected chi connectivity index (χ1v) is 14.2. The summed E-state index contributed by atoms with van der Waals surface area (Å²) in [5.41, 5.74) is 8.10. The molecule has 0 spiro atoms. The van der Waals surface area contributed by atoms with Crippen LogP contribution in [0.3, 0.4) is 0 Å². The van der Waals surface area contributed by atoms with Crippen molar-refractivity contribution in [3.8, 4) is 33.8 Å². The third kappa shape index (κ3) is 4.11. The fourth-order valence-electron chi connectivity index (χ4n) is 6.42. The fourth-order valence-corrected chi connectivity index (χ4v) is 6.42. The van der Waals surface area contributed by atoms with E-state index in [0.29, 0.717) is 11.5 Å². The Kier molecular flexibility index (Phi) is 6.40. The smallest absolute Gasteiger partial charge is 0.335 e. The number of carbonyl (C=O) groups excluding carboxylic acids is 2. The normalized spacial score (nSPS) is 11.3. The molecule has 0 aliphatic heterocycles. The molecule has 214 valence electrons. The Labute approximate surface area is 253 Å². The van der Waals surface area contributed by atoms with Crippen LogP contribution >= 0.6 is 0 Å². The lowest BCUT2D eigenvalue weighted by Gasteiger charge is -2.17. The molecule has 0 fully saturated rings. The van der Waals surface area contributed by atoms with E-state index in [1.165, 1.54) is 0 Å². The van der Waals surface area contributed by atoms with Gasteiger partial charge in [0.25, 0.3) is 0 Å². The van der Waals surface area contributed by atoms with Crippen molar-refractivity contribution in [1.82, 2.24) is 9.13 Å². The molecule has 2 aromatic heterocycles. The number of hydrogen-bond acceptors (Lipinski definition) is 4. The molecule has 0 aliphatic rings. The number of benzene rings is 5. The maximum Gasteiger partial charge on any atom is 0.335 e. The second kappa shape index (κ2) is 10.4. The van der Waals surface area contributed by atoms with Gasteiger partial charge in [0.05, 0.1) is 11.0 Å². The zero-order valence-corrected chi connectivity index (χ0v) is 24.3. The van der Waals surface area contributed by atoms with Crippen molar-refractivity contribution in [1.29, 1.82) is 0 Å². The Hall–Kier alpha value is -5.88. The molecule has 0 radical (unpaired) electrons. The lowest BCUT2D eigenvalue weighted by atomic mass is 9.89. The summed E-state index contributed by atoms with van der Waals surface area (Å²) in [6.45, 7) is 7.09. The molecular weight excluding hydrogens is 548 g/mol. The van der Waals surface area contributed by atoms with E-state index in [1.54, 1.807) is 12.1 Å². The molecule has 44 heavy (non-hydrogen) atoms. The van der Waals surface area contributed by atoms with Crippen LogP contribution < -0.4 is 9.47 Å². The maximum atomic E-state index is 12.1. The molecule has 0 bridgehead atoms. The van der Waals surface area contributed by atoms with Crippen LogP contribution in [0.5, 0.6) is 11.5 Å². The van der Waals surface area contributed by atoms with Gasteiger partial charge in [0.15, 0.2) is 0 Å². The van der Waals surface area contributed by atoms with Gasteiger partial charge in [-0.2, -0.15) is 0 Å². The van der Waals surface area contributed by atoms with E-state index in [1.807, 2.05) is 48.5 Å². The molecule has 0 saturated carbocycles. The zero-order valence-electron chi connectivity index (χ0n) is 24.3. The molecule has 0 amide bonds. The van der Waals surface area contributed by atoms with Crippen LogP contribution in [0.1, 0.15) is 0 Å². The molecule has 2 heterocycles. The Balaban J connectivity index is 1.71. The van der Waals surface area contributed by atoms with Crippen molar-refractivity contribution in [3.63, 3.8) is 0 Å². The summed E-state index contributed by atoms with van der Waals surface area (Å²) in [7, 11) is 4.16. The summed E-state index contributed by atoms with van der Waals surface area (Å²) in [6.07, 6.45) is 2.32. The topological polar surface area (TPSA) is 62.5 Å². The highest BCUT2D eigenvalue weighted by Gasteiger charge is 2.26. The summed E-state index contributed by atoms with van der Waals surface area (Å²) in [4.78, 5) is 24.3. The second-order valence-electron chi connectivity index (χ2n) is 10.7. The Morgan fingerprint density at radius 1 is 0.591 bits per heavy atom. The van der Waals surface area contributed by atoms with Gasteiger partial charge < -0.3 is 18.6 Å². The van der Waals surface area contributed by atoms with Gasteiger partial charge in [-0.15, -0.1) is 0 Å². The van der Waals surface area contributed by atoms with Crippen molar-refractivity contribution in [2.75, 3.05) is 0 Å². The van der Waals surface area contributed by atoms with Gasteiger partial charge in [-0.3, -0.25) is 0 Å². The van der Waals surface area contributed by atoms with Gasteiger partial charge in [0, 0.05) is 70.0 Å². The number of nitrogens with zero attached hydrogens (tertiary/aromatic N) is 2. The minimum atomic E-state index is -0.514. The summed E-state index contributed by atoms with van der Waals surface area (Å²) in [5.74, 6) is -0.152. The van der Waals surface area contributed by atoms with Crippen molar-refractivity contribution in [3.05, 3.63) is 122 Å². The van der Waals surface area contributed by atoms with Crippen LogP contribution in [0.25, 0.3) is 65.9 Å². The van der Waals surface area contributed by atoms with Gasteiger partial charge in [-0.25, -0.2) is 9.59 Å². The largest absolute Gasteiger partial charge is 0.423 e. The van der Waals surface area contributed by atoms with Crippen molar-refractivity contribution in [2.45, 2.75) is 0 Å². The molecule has 0 saturated heterocycles. The van der Waals surface area contributed by atoms with E-state index in [0.717, 1.165) is 78.0 Å². The van der Waals surface area contributed by atoms with Gasteiger partial charge >= 0.3 is 11.9 Å². The number of rotatable bonds is 6. The van der Waals surface area contributed by atoms with E-state index in [9.17, 15) is 9.59 Å². The summed E-state index contributed by atoms with van der Waals surface area (Å²) < 4.78 is 15.6.